The maximum Gasteiger partial charge on any atom is 0.173 e. The maximum atomic E-state index is 14.0. The summed E-state index contributed by atoms with van der Waals surface area (Å²) in [4.78, 5) is 14.8. The highest BCUT2D eigenvalue weighted by atomic mass is 79.9. The van der Waals surface area contributed by atoms with Crippen molar-refractivity contribution in [1.29, 1.82) is 0 Å². The Hall–Kier alpha value is -1.90. The lowest BCUT2D eigenvalue weighted by atomic mass is 9.93. The minimum absolute atomic E-state index is 0.0162. The molecular formula is C21H20BrF2N3OS. The molecular weight excluding hydrogens is 460 g/mol. The monoisotopic (exact) mass is 479 g/mol. The number of ketones is 1. The largest absolute Gasteiger partial charge is 0.330 e. The first kappa shape index (κ1) is 20.4. The van der Waals surface area contributed by atoms with E-state index in [2.05, 4.69) is 21.0 Å². The zero-order chi connectivity index (χ0) is 20.5. The van der Waals surface area contributed by atoms with Crippen LogP contribution in [0.15, 0.2) is 34.9 Å². The van der Waals surface area contributed by atoms with Gasteiger partial charge in [0.15, 0.2) is 17.4 Å². The van der Waals surface area contributed by atoms with Crippen LogP contribution in [0.5, 0.6) is 0 Å². The van der Waals surface area contributed by atoms with E-state index in [0.29, 0.717) is 4.88 Å². The number of aryl methyl sites for hydroxylation is 2. The van der Waals surface area contributed by atoms with Gasteiger partial charge >= 0.3 is 0 Å². The molecule has 0 saturated heterocycles. The molecule has 0 radical (unpaired) electrons. The van der Waals surface area contributed by atoms with E-state index in [1.807, 2.05) is 10.7 Å². The second-order valence-corrected chi connectivity index (χ2v) is 9.25. The first-order valence-electron chi connectivity index (χ1n) is 9.48. The number of halogens is 3. The summed E-state index contributed by atoms with van der Waals surface area (Å²) in [6.45, 7) is 1.07. The average Bonchev–Trinajstić information content (AvgIpc) is 3.23. The van der Waals surface area contributed by atoms with Crippen molar-refractivity contribution in [3.8, 4) is 11.3 Å². The van der Waals surface area contributed by atoms with E-state index in [4.69, 9.17) is 5.73 Å². The molecule has 0 fully saturated rings. The molecule has 0 unspecified atom stereocenters. The Morgan fingerprint density at radius 2 is 2.21 bits per heavy atom. The minimum Gasteiger partial charge on any atom is -0.330 e. The van der Waals surface area contributed by atoms with Gasteiger partial charge in [0.1, 0.15) is 0 Å². The molecule has 0 saturated carbocycles. The van der Waals surface area contributed by atoms with Gasteiger partial charge < -0.3 is 5.73 Å². The lowest BCUT2D eigenvalue weighted by Crippen LogP contribution is -2.21. The number of nitrogens with zero attached hydrogens (tertiary/aromatic N) is 2. The van der Waals surface area contributed by atoms with E-state index in [1.165, 1.54) is 28.3 Å². The molecule has 29 heavy (non-hydrogen) atoms. The van der Waals surface area contributed by atoms with Crippen molar-refractivity contribution >= 4 is 33.0 Å². The van der Waals surface area contributed by atoms with Crippen LogP contribution in [0.2, 0.25) is 0 Å². The lowest BCUT2D eigenvalue weighted by molar-refractivity contribution is 0.0966. The minimum atomic E-state index is -0.881. The van der Waals surface area contributed by atoms with E-state index in [0.717, 1.165) is 41.2 Å². The third-order valence-corrected chi connectivity index (χ3v) is 7.07. The second kappa shape index (κ2) is 8.45. The third-order valence-electron chi connectivity index (χ3n) is 5.26. The Morgan fingerprint density at radius 3 is 3.00 bits per heavy atom. The normalized spacial score (nSPS) is 14.2. The highest BCUT2D eigenvalue weighted by Gasteiger charge is 2.24. The second-order valence-electron chi connectivity index (χ2n) is 7.26. The summed E-state index contributed by atoms with van der Waals surface area (Å²) in [7, 11) is 0. The van der Waals surface area contributed by atoms with E-state index in [9.17, 15) is 13.6 Å². The molecule has 0 amide bonds. The van der Waals surface area contributed by atoms with Crippen molar-refractivity contribution in [1.82, 2.24) is 9.78 Å². The summed E-state index contributed by atoms with van der Waals surface area (Å²) in [5, 5.41) is 4.40. The fraction of sp³-hybridized carbons (Fsp3) is 0.333. The Morgan fingerprint density at radius 1 is 1.38 bits per heavy atom. The number of benzene rings is 1. The molecule has 152 valence electrons. The number of Topliss-reactive ketones (excluding diaryl/α,β-unsaturated/α-hetero) is 1. The van der Waals surface area contributed by atoms with Gasteiger partial charge in [0.05, 0.1) is 21.2 Å². The van der Waals surface area contributed by atoms with Crippen LogP contribution < -0.4 is 5.73 Å². The molecule has 1 atom stereocenters. The summed E-state index contributed by atoms with van der Waals surface area (Å²) in [6.07, 6.45) is 4.08. The predicted octanol–water partition coefficient (Wildman–Crippen LogP) is 4.99. The van der Waals surface area contributed by atoms with Crippen molar-refractivity contribution in [2.75, 3.05) is 6.54 Å². The first-order valence-corrected chi connectivity index (χ1v) is 11.1. The highest BCUT2D eigenvalue weighted by molar-refractivity contribution is 9.10. The number of thiophene rings is 1. The number of hydrogen-bond acceptors (Lipinski definition) is 4. The van der Waals surface area contributed by atoms with E-state index in [1.54, 1.807) is 6.20 Å². The van der Waals surface area contributed by atoms with Crippen molar-refractivity contribution in [3.63, 3.8) is 0 Å². The number of nitrogens with two attached hydrogens (primary N) is 1. The number of hydrogen-bond donors (Lipinski definition) is 1. The summed E-state index contributed by atoms with van der Waals surface area (Å²) < 4.78 is 30.3. The van der Waals surface area contributed by atoms with Gasteiger partial charge in [-0.1, -0.05) is 12.1 Å². The molecule has 0 spiro atoms. The first-order chi connectivity index (χ1) is 14.0. The number of aromatic nitrogens is 2. The van der Waals surface area contributed by atoms with Gasteiger partial charge in [0, 0.05) is 23.4 Å². The average molecular weight is 480 g/mol. The molecule has 1 aliphatic rings. The fourth-order valence-electron chi connectivity index (χ4n) is 3.76. The lowest BCUT2D eigenvalue weighted by Gasteiger charge is -2.14. The molecule has 4 rings (SSSR count). The van der Waals surface area contributed by atoms with Crippen LogP contribution in [0.25, 0.3) is 11.3 Å². The number of carbonyl (C=O) groups is 1. The van der Waals surface area contributed by atoms with E-state index in [-0.39, 0.29) is 36.7 Å². The Kier molecular flexibility index (Phi) is 5.94. The molecule has 1 aromatic carbocycles. The SMILES string of the molecule is NC[C@@H](CC(=O)c1cc2c(s1)CCCn1ncc(Br)c1-2)Cc1cccc(F)c1F. The van der Waals surface area contributed by atoms with Crippen LogP contribution >= 0.6 is 27.3 Å². The van der Waals surface area contributed by atoms with Gasteiger partial charge in [-0.25, -0.2) is 8.78 Å². The molecule has 0 aliphatic carbocycles. The highest BCUT2D eigenvalue weighted by Crippen LogP contribution is 2.39. The molecule has 2 aromatic heterocycles. The quantitative estimate of drug-likeness (QED) is 0.506. The van der Waals surface area contributed by atoms with Crippen molar-refractivity contribution < 1.29 is 13.6 Å². The smallest absolute Gasteiger partial charge is 0.173 e. The summed E-state index contributed by atoms with van der Waals surface area (Å²) in [5.41, 5.74) is 8.14. The van der Waals surface area contributed by atoms with Crippen molar-refractivity contribution in [2.24, 2.45) is 11.7 Å². The molecule has 2 N–H and O–H groups in total. The summed E-state index contributed by atoms with van der Waals surface area (Å²) >= 11 is 5.07. The van der Waals surface area contributed by atoms with Crippen molar-refractivity contribution in [2.45, 2.75) is 32.2 Å². The number of fused-ring (bicyclic) bond motifs is 3. The zero-order valence-corrected chi connectivity index (χ0v) is 18.0. The van der Waals surface area contributed by atoms with Gasteiger partial charge in [-0.2, -0.15) is 5.10 Å². The Bertz CT molecular complexity index is 1060. The molecule has 3 aromatic rings. The fourth-order valence-corrected chi connectivity index (χ4v) is 5.42. The molecule has 8 heteroatoms. The molecule has 4 nitrogen and oxygen atoms in total. The Balaban J connectivity index is 1.55. The number of carbonyl (C=O) groups excluding carboxylic acids is 1. The van der Waals surface area contributed by atoms with Gasteiger partial charge in [-0.3, -0.25) is 9.48 Å². The van der Waals surface area contributed by atoms with Crippen LogP contribution in [-0.4, -0.2) is 22.1 Å². The van der Waals surface area contributed by atoms with Crippen LogP contribution in [0.4, 0.5) is 8.78 Å². The van der Waals surface area contributed by atoms with Gasteiger partial charge in [0.25, 0.3) is 0 Å². The van der Waals surface area contributed by atoms with Gasteiger partial charge in [0.2, 0.25) is 0 Å². The van der Waals surface area contributed by atoms with Crippen LogP contribution in [0, 0.1) is 17.6 Å². The van der Waals surface area contributed by atoms with Gasteiger partial charge in [-0.15, -0.1) is 11.3 Å². The Labute approximate surface area is 179 Å². The van der Waals surface area contributed by atoms with Gasteiger partial charge in [-0.05, 0) is 65.4 Å². The summed E-state index contributed by atoms with van der Waals surface area (Å²) in [5.74, 6) is -2.01. The van der Waals surface area contributed by atoms with Crippen LogP contribution in [-0.2, 0) is 19.4 Å². The molecule has 3 heterocycles. The van der Waals surface area contributed by atoms with E-state index < -0.39 is 11.6 Å². The third kappa shape index (κ3) is 4.06. The zero-order valence-electron chi connectivity index (χ0n) is 15.6. The van der Waals surface area contributed by atoms with Crippen LogP contribution in [0.3, 0.4) is 0 Å². The van der Waals surface area contributed by atoms with Crippen molar-refractivity contribution in [3.05, 3.63) is 61.9 Å². The van der Waals surface area contributed by atoms with Crippen LogP contribution in [0.1, 0.15) is 33.0 Å². The topological polar surface area (TPSA) is 60.9 Å². The van der Waals surface area contributed by atoms with E-state index >= 15 is 0 Å². The predicted molar refractivity (Wildman–Crippen MR) is 113 cm³/mol. The molecule has 0 bridgehead atoms. The summed E-state index contributed by atoms with van der Waals surface area (Å²) in [6, 6.07) is 6.03. The molecule has 1 aliphatic heterocycles. The number of rotatable bonds is 6. The maximum absolute atomic E-state index is 14.0. The standard InChI is InChI=1S/C21H20BrF2N3OS/c22-15-11-26-27-6-2-5-18-14(21(15)27)9-19(29-18)17(28)8-12(10-25)7-13-3-1-4-16(23)20(13)24/h1,3-4,9,11-12H,2,5-8,10,25H2/t12-/m1/s1.